The molecule has 1 aromatic heterocycles. The highest BCUT2D eigenvalue weighted by Gasteiger charge is 2.18. The maximum atomic E-state index is 12.1. The van der Waals surface area contributed by atoms with Crippen LogP contribution in [0.25, 0.3) is 0 Å². The Morgan fingerprint density at radius 2 is 2.14 bits per heavy atom. The molecule has 0 radical (unpaired) electrons. The second-order valence-corrected chi connectivity index (χ2v) is 5.70. The lowest BCUT2D eigenvalue weighted by molar-refractivity contribution is -0.133. The van der Waals surface area contributed by atoms with Gasteiger partial charge in [0.25, 0.3) is 0 Å². The number of hydrogen-bond donors (Lipinski definition) is 0. The van der Waals surface area contributed by atoms with Crippen molar-refractivity contribution >= 4 is 11.8 Å². The Hall–Kier alpha value is -1.78. The van der Waals surface area contributed by atoms with Crippen LogP contribution in [0, 0.1) is 6.92 Å². The summed E-state index contributed by atoms with van der Waals surface area (Å²) in [6.07, 6.45) is 4.12. The van der Waals surface area contributed by atoms with E-state index < -0.39 is 0 Å². The minimum atomic E-state index is 0.0427. The fourth-order valence-corrected chi connectivity index (χ4v) is 2.59. The molecule has 0 aromatic carbocycles. The Bertz CT molecular complexity index is 495. The lowest BCUT2D eigenvalue weighted by Gasteiger charge is -2.22. The molecule has 0 aliphatic carbocycles. The molecule has 0 spiro atoms. The highest BCUT2D eigenvalue weighted by atomic mass is 16.3. The van der Waals surface area contributed by atoms with Crippen molar-refractivity contribution in [3.8, 4) is 0 Å². The lowest BCUT2D eigenvalue weighted by Crippen LogP contribution is -2.35. The monoisotopic (exact) mass is 292 g/mol. The minimum absolute atomic E-state index is 0.0427. The SMILES string of the molecule is Cc1ccc(CN(C)C(=O)CCN2CCCCCC2=O)o1. The Kier molecular flexibility index (Phi) is 5.42. The van der Waals surface area contributed by atoms with Gasteiger partial charge in [0.2, 0.25) is 11.8 Å². The molecule has 2 rings (SSSR count). The summed E-state index contributed by atoms with van der Waals surface area (Å²) >= 11 is 0. The number of furan rings is 1. The van der Waals surface area contributed by atoms with Crippen molar-refractivity contribution < 1.29 is 14.0 Å². The summed E-state index contributed by atoms with van der Waals surface area (Å²) in [6, 6.07) is 3.78. The molecule has 2 heterocycles. The molecule has 116 valence electrons. The summed E-state index contributed by atoms with van der Waals surface area (Å²) in [5.74, 6) is 1.86. The van der Waals surface area contributed by atoms with E-state index in [-0.39, 0.29) is 11.8 Å². The van der Waals surface area contributed by atoms with E-state index in [1.165, 1.54) is 0 Å². The van der Waals surface area contributed by atoms with Crippen molar-refractivity contribution in [2.75, 3.05) is 20.1 Å². The van der Waals surface area contributed by atoms with Gasteiger partial charge in [0.05, 0.1) is 6.54 Å². The van der Waals surface area contributed by atoms with E-state index in [1.807, 2.05) is 24.0 Å². The molecule has 0 bridgehead atoms. The third-order valence-electron chi connectivity index (χ3n) is 3.88. The van der Waals surface area contributed by atoms with Crippen LogP contribution in [0.3, 0.4) is 0 Å². The van der Waals surface area contributed by atoms with Gasteiger partial charge in [-0.1, -0.05) is 6.42 Å². The Balaban J connectivity index is 1.79. The van der Waals surface area contributed by atoms with E-state index in [2.05, 4.69) is 0 Å². The number of hydrogen-bond acceptors (Lipinski definition) is 3. The quantitative estimate of drug-likeness (QED) is 0.837. The van der Waals surface area contributed by atoms with Crippen molar-refractivity contribution in [2.24, 2.45) is 0 Å². The molecule has 0 unspecified atom stereocenters. The van der Waals surface area contributed by atoms with Gasteiger partial charge in [0, 0.05) is 33.0 Å². The number of carbonyl (C=O) groups is 2. The average molecular weight is 292 g/mol. The molecule has 0 N–H and O–H groups in total. The standard InChI is InChI=1S/C16H24N2O3/c1-13-7-8-14(21-13)12-17(2)15(19)9-11-18-10-5-3-4-6-16(18)20/h7-8H,3-6,9-12H2,1-2H3. The van der Waals surface area contributed by atoms with Crippen LogP contribution >= 0.6 is 0 Å². The van der Waals surface area contributed by atoms with Crippen molar-refractivity contribution in [2.45, 2.75) is 45.6 Å². The van der Waals surface area contributed by atoms with E-state index in [0.717, 1.165) is 37.3 Å². The molecular weight excluding hydrogens is 268 g/mol. The van der Waals surface area contributed by atoms with Crippen LogP contribution in [0.4, 0.5) is 0 Å². The highest BCUT2D eigenvalue weighted by Crippen LogP contribution is 2.13. The maximum Gasteiger partial charge on any atom is 0.224 e. The minimum Gasteiger partial charge on any atom is -0.464 e. The molecule has 1 aromatic rings. The number of rotatable bonds is 5. The van der Waals surface area contributed by atoms with Gasteiger partial charge in [-0.25, -0.2) is 0 Å². The Labute approximate surface area is 125 Å². The van der Waals surface area contributed by atoms with Gasteiger partial charge in [-0.05, 0) is 31.9 Å². The van der Waals surface area contributed by atoms with Crippen molar-refractivity contribution in [1.29, 1.82) is 0 Å². The summed E-state index contributed by atoms with van der Waals surface area (Å²) in [5.41, 5.74) is 0. The van der Waals surface area contributed by atoms with Crippen LogP contribution in [0.1, 0.15) is 43.6 Å². The summed E-state index contributed by atoms with van der Waals surface area (Å²) in [4.78, 5) is 27.5. The van der Waals surface area contributed by atoms with E-state index in [1.54, 1.807) is 11.9 Å². The lowest BCUT2D eigenvalue weighted by atomic mass is 10.2. The summed E-state index contributed by atoms with van der Waals surface area (Å²) in [7, 11) is 1.77. The molecular formula is C16H24N2O3. The first-order valence-electron chi connectivity index (χ1n) is 7.63. The van der Waals surface area contributed by atoms with Gasteiger partial charge in [0.15, 0.2) is 0 Å². The molecule has 1 saturated heterocycles. The van der Waals surface area contributed by atoms with Gasteiger partial charge in [-0.2, -0.15) is 0 Å². The van der Waals surface area contributed by atoms with Crippen LogP contribution in [-0.4, -0.2) is 41.8 Å². The number of aryl methyl sites for hydroxylation is 1. The van der Waals surface area contributed by atoms with Gasteiger partial charge < -0.3 is 14.2 Å². The smallest absolute Gasteiger partial charge is 0.224 e. The van der Waals surface area contributed by atoms with E-state index in [0.29, 0.717) is 25.9 Å². The van der Waals surface area contributed by atoms with E-state index in [9.17, 15) is 9.59 Å². The largest absolute Gasteiger partial charge is 0.464 e. The van der Waals surface area contributed by atoms with Gasteiger partial charge in [-0.15, -0.1) is 0 Å². The van der Waals surface area contributed by atoms with Crippen LogP contribution in [0.2, 0.25) is 0 Å². The molecule has 2 amide bonds. The number of carbonyl (C=O) groups excluding carboxylic acids is 2. The highest BCUT2D eigenvalue weighted by molar-refractivity contribution is 5.79. The zero-order valence-electron chi connectivity index (χ0n) is 12.9. The number of likely N-dealkylation sites (tertiary alicyclic amines) is 1. The Morgan fingerprint density at radius 1 is 1.33 bits per heavy atom. The molecule has 21 heavy (non-hydrogen) atoms. The normalized spacial score (nSPS) is 15.9. The predicted molar refractivity (Wildman–Crippen MR) is 79.6 cm³/mol. The van der Waals surface area contributed by atoms with Crippen LogP contribution in [0.15, 0.2) is 16.5 Å². The third-order valence-corrected chi connectivity index (χ3v) is 3.88. The van der Waals surface area contributed by atoms with Crippen molar-refractivity contribution in [3.05, 3.63) is 23.7 Å². The molecule has 1 fully saturated rings. The number of nitrogens with zero attached hydrogens (tertiary/aromatic N) is 2. The first-order valence-corrected chi connectivity index (χ1v) is 7.63. The van der Waals surface area contributed by atoms with E-state index >= 15 is 0 Å². The third kappa shape index (κ3) is 4.62. The maximum absolute atomic E-state index is 12.1. The summed E-state index contributed by atoms with van der Waals surface area (Å²) < 4.78 is 5.47. The second kappa shape index (κ2) is 7.29. The molecule has 0 atom stereocenters. The van der Waals surface area contributed by atoms with Gasteiger partial charge in [0.1, 0.15) is 11.5 Å². The van der Waals surface area contributed by atoms with Gasteiger partial charge >= 0.3 is 0 Å². The van der Waals surface area contributed by atoms with Crippen molar-refractivity contribution in [1.82, 2.24) is 9.80 Å². The fraction of sp³-hybridized carbons (Fsp3) is 0.625. The molecule has 5 nitrogen and oxygen atoms in total. The van der Waals surface area contributed by atoms with Crippen molar-refractivity contribution in [3.63, 3.8) is 0 Å². The fourth-order valence-electron chi connectivity index (χ4n) is 2.59. The number of amides is 2. The van der Waals surface area contributed by atoms with Crippen LogP contribution < -0.4 is 0 Å². The zero-order chi connectivity index (χ0) is 15.2. The Morgan fingerprint density at radius 3 is 2.86 bits per heavy atom. The molecule has 1 aliphatic rings. The second-order valence-electron chi connectivity index (χ2n) is 5.70. The average Bonchev–Trinajstić information content (AvgIpc) is 2.74. The predicted octanol–water partition coefficient (Wildman–Crippen LogP) is 2.34. The van der Waals surface area contributed by atoms with Gasteiger partial charge in [-0.3, -0.25) is 9.59 Å². The van der Waals surface area contributed by atoms with E-state index in [4.69, 9.17) is 4.42 Å². The topological polar surface area (TPSA) is 53.8 Å². The van der Waals surface area contributed by atoms with Crippen LogP contribution in [-0.2, 0) is 16.1 Å². The first kappa shape index (κ1) is 15.6. The zero-order valence-corrected chi connectivity index (χ0v) is 12.9. The molecule has 5 heteroatoms. The molecule has 1 aliphatic heterocycles. The summed E-state index contributed by atoms with van der Waals surface area (Å²) in [6.45, 7) is 3.67. The first-order chi connectivity index (χ1) is 10.1. The molecule has 0 saturated carbocycles. The summed E-state index contributed by atoms with van der Waals surface area (Å²) in [5, 5.41) is 0. The van der Waals surface area contributed by atoms with Crippen LogP contribution in [0.5, 0.6) is 0 Å².